The highest BCUT2D eigenvalue weighted by atomic mass is 19.1. The van der Waals surface area contributed by atoms with Crippen LogP contribution in [0.1, 0.15) is 49.7 Å². The van der Waals surface area contributed by atoms with Crippen molar-refractivity contribution in [3.63, 3.8) is 0 Å². The number of carbonyl (C=O) groups excluding carboxylic acids is 1. The minimum Gasteiger partial charge on any atom is -0.378 e. The molecule has 0 bridgehead atoms. The molecular weight excluding hydrogens is 471 g/mol. The summed E-state index contributed by atoms with van der Waals surface area (Å²) in [7, 11) is -2.63. The van der Waals surface area contributed by atoms with Crippen LogP contribution in [0.25, 0.3) is 10.8 Å². The van der Waals surface area contributed by atoms with Crippen LogP contribution in [0.2, 0.25) is 0 Å². The molecule has 0 unspecified atom stereocenters. The second kappa shape index (κ2) is 10.2. The van der Waals surface area contributed by atoms with E-state index < -0.39 is 19.3 Å². The summed E-state index contributed by atoms with van der Waals surface area (Å²) in [6, 6.07) is 8.14. The van der Waals surface area contributed by atoms with Gasteiger partial charge in [0.1, 0.15) is 23.6 Å². The highest BCUT2D eigenvalue weighted by Crippen LogP contribution is 2.39. The highest BCUT2D eigenvalue weighted by Gasteiger charge is 2.39. The molecule has 9 heteroatoms. The van der Waals surface area contributed by atoms with Crippen LogP contribution in [-0.4, -0.2) is 65.7 Å². The van der Waals surface area contributed by atoms with Crippen molar-refractivity contribution in [2.45, 2.75) is 58.4 Å². The number of methoxy groups -OCH3 is 1. The summed E-state index contributed by atoms with van der Waals surface area (Å²) < 4.78 is 41.4. The van der Waals surface area contributed by atoms with Crippen LogP contribution in [0.3, 0.4) is 0 Å². The Morgan fingerprint density at radius 1 is 1.22 bits per heavy atom. The average Bonchev–Trinajstić information content (AvgIpc) is 2.88. The van der Waals surface area contributed by atoms with Crippen LogP contribution in [0.5, 0.6) is 0 Å². The average molecular weight is 510 g/mol. The third kappa shape index (κ3) is 4.84. The van der Waals surface area contributed by atoms with Crippen molar-refractivity contribution in [2.75, 3.05) is 41.8 Å². The van der Waals surface area contributed by atoms with Crippen molar-refractivity contribution in [2.24, 2.45) is 5.92 Å². The Kier molecular flexibility index (Phi) is 5.99. The molecule has 0 radical (unpaired) electrons. The monoisotopic (exact) mass is 509 g/mol. The number of nitrogens with one attached hydrogen (secondary N) is 1. The number of hydrogen-bond donors (Lipinski definition) is 1. The standard InChI is InChI=1S/C28H35FN6O2/c1-16(2)19-6-7-24(35-14-22(17(35)3)18(4)36)21-13-31-27(12-20(19)21)32-26-8-10-30-28(33-26)34-11-9-25(37-5)23(29)15-34/h6-8,10,12-13,16-17,22-23,25H,9,11,14-15H2,1-5H3,(H,30,31,32,33)/t17-,22+,23+,25-/m1/s1/i5D3. The van der Waals surface area contributed by atoms with Crippen molar-refractivity contribution in [3.8, 4) is 0 Å². The molecule has 2 aromatic heterocycles. The highest BCUT2D eigenvalue weighted by molar-refractivity contribution is 5.99. The van der Waals surface area contributed by atoms with Crippen LogP contribution in [0.4, 0.5) is 27.7 Å². The molecule has 0 spiro atoms. The minimum absolute atomic E-state index is 0.0493. The predicted octanol–water partition coefficient (Wildman–Crippen LogP) is 4.87. The van der Waals surface area contributed by atoms with E-state index in [1.807, 2.05) is 12.3 Å². The smallest absolute Gasteiger partial charge is 0.227 e. The fourth-order valence-electron chi connectivity index (χ4n) is 5.36. The van der Waals surface area contributed by atoms with Crippen LogP contribution in [0, 0.1) is 5.92 Å². The molecule has 196 valence electrons. The first-order valence-corrected chi connectivity index (χ1v) is 12.8. The quantitative estimate of drug-likeness (QED) is 0.483. The molecule has 2 saturated heterocycles. The first kappa shape index (κ1) is 21.7. The number of Topliss-reactive ketones (excluding diaryl/α,β-unsaturated/α-hetero) is 1. The van der Waals surface area contributed by atoms with Gasteiger partial charge in [-0.2, -0.15) is 4.98 Å². The molecule has 2 fully saturated rings. The number of nitrogens with zero attached hydrogens (tertiary/aromatic N) is 5. The van der Waals surface area contributed by atoms with Crippen LogP contribution < -0.4 is 15.1 Å². The minimum atomic E-state index is -2.63. The van der Waals surface area contributed by atoms with E-state index in [0.29, 0.717) is 36.6 Å². The fraction of sp³-hybridized carbons (Fsp3) is 0.500. The zero-order chi connectivity index (χ0) is 28.8. The van der Waals surface area contributed by atoms with Crippen LogP contribution in [0.15, 0.2) is 36.7 Å². The van der Waals surface area contributed by atoms with Crippen molar-refractivity contribution < 1.29 is 18.0 Å². The summed E-state index contributed by atoms with van der Waals surface area (Å²) >= 11 is 0. The number of ether oxygens (including phenoxy) is 1. The Hall–Kier alpha value is -3.33. The largest absolute Gasteiger partial charge is 0.378 e. The Labute approximate surface area is 221 Å². The lowest BCUT2D eigenvalue weighted by Gasteiger charge is -2.47. The molecule has 0 aliphatic carbocycles. The first-order chi connectivity index (χ1) is 18.9. The van der Waals surface area contributed by atoms with E-state index in [2.05, 4.69) is 58.1 Å². The number of rotatable bonds is 7. The summed E-state index contributed by atoms with van der Waals surface area (Å²) in [4.78, 5) is 29.4. The lowest BCUT2D eigenvalue weighted by molar-refractivity contribution is -0.122. The molecule has 4 atom stereocenters. The van der Waals surface area contributed by atoms with Gasteiger partial charge >= 0.3 is 0 Å². The van der Waals surface area contributed by atoms with Crippen LogP contribution >= 0.6 is 0 Å². The maximum absolute atomic E-state index is 14.7. The zero-order valence-corrected chi connectivity index (χ0v) is 21.6. The van der Waals surface area contributed by atoms with Gasteiger partial charge in [0.2, 0.25) is 5.95 Å². The summed E-state index contributed by atoms with van der Waals surface area (Å²) in [5.74, 6) is 2.03. The maximum Gasteiger partial charge on any atom is 0.227 e. The predicted molar refractivity (Wildman–Crippen MR) is 145 cm³/mol. The van der Waals surface area contributed by atoms with E-state index in [-0.39, 0.29) is 30.7 Å². The maximum atomic E-state index is 14.7. The Morgan fingerprint density at radius 3 is 2.76 bits per heavy atom. The fourth-order valence-corrected chi connectivity index (χ4v) is 5.36. The van der Waals surface area contributed by atoms with Gasteiger partial charge in [-0.25, -0.2) is 14.4 Å². The van der Waals surface area contributed by atoms with Gasteiger partial charge in [-0.3, -0.25) is 4.79 Å². The first-order valence-electron chi connectivity index (χ1n) is 14.3. The summed E-state index contributed by atoms with van der Waals surface area (Å²) in [6.07, 6.45) is 1.21. The van der Waals surface area contributed by atoms with Crippen LogP contribution in [-0.2, 0) is 9.53 Å². The normalized spacial score (nSPS) is 25.4. The Bertz CT molecular complexity index is 1400. The lowest BCUT2D eigenvalue weighted by Crippen LogP contribution is -2.57. The summed E-state index contributed by atoms with van der Waals surface area (Å²) in [5.41, 5.74) is 2.26. The number of halogens is 1. The number of alkyl halides is 1. The molecule has 8 nitrogen and oxygen atoms in total. The van der Waals surface area contributed by atoms with Gasteiger partial charge in [-0.15, -0.1) is 0 Å². The number of fused-ring (bicyclic) bond motifs is 1. The zero-order valence-electron chi connectivity index (χ0n) is 24.6. The second-order valence-electron chi connectivity index (χ2n) is 10.3. The summed E-state index contributed by atoms with van der Waals surface area (Å²) in [5, 5.41) is 5.37. The molecular formula is C28H35FN6O2. The molecule has 3 aromatic rings. The number of hydrogen-bond acceptors (Lipinski definition) is 8. The number of piperidine rings is 1. The van der Waals surface area contributed by atoms with Gasteiger partial charge < -0.3 is 19.9 Å². The number of benzene rings is 1. The number of anilines is 4. The SMILES string of the molecule is [2H]C([2H])([2H])O[C@@H]1CCN(c2nccc(Nc3cc4c(C(C)C)ccc(N5C[C@H](C(C)=O)[C@H]5C)c4cn3)n2)C[C@@H]1F. The second-order valence-corrected chi connectivity index (χ2v) is 10.3. The third-order valence-corrected chi connectivity index (χ3v) is 7.65. The molecule has 2 aliphatic heterocycles. The number of carbonyl (C=O) groups is 1. The molecule has 1 N–H and O–H groups in total. The van der Waals surface area contributed by atoms with Crippen molar-refractivity contribution in [3.05, 3.63) is 42.2 Å². The van der Waals surface area contributed by atoms with Crippen molar-refractivity contribution in [1.29, 1.82) is 0 Å². The van der Waals surface area contributed by atoms with Gasteiger partial charge in [0.15, 0.2) is 0 Å². The van der Waals surface area contributed by atoms with Gasteiger partial charge in [0.25, 0.3) is 0 Å². The molecule has 2 aliphatic rings. The van der Waals surface area contributed by atoms with Gasteiger partial charge in [-0.05, 0) is 55.3 Å². The third-order valence-electron chi connectivity index (χ3n) is 7.65. The summed E-state index contributed by atoms with van der Waals surface area (Å²) in [6.45, 7) is 9.07. The topological polar surface area (TPSA) is 83.5 Å². The van der Waals surface area contributed by atoms with Gasteiger partial charge in [0, 0.05) is 49.6 Å². The Balaban J connectivity index is 1.37. The Morgan fingerprint density at radius 2 is 2.05 bits per heavy atom. The molecule has 37 heavy (non-hydrogen) atoms. The van der Waals surface area contributed by atoms with Crippen molar-refractivity contribution >= 4 is 39.8 Å². The molecule has 1 aromatic carbocycles. The lowest BCUT2D eigenvalue weighted by atomic mass is 9.85. The number of pyridine rings is 1. The van der Waals surface area contributed by atoms with E-state index in [0.717, 1.165) is 16.5 Å². The molecule has 4 heterocycles. The van der Waals surface area contributed by atoms with Gasteiger partial charge in [0.05, 0.1) is 22.7 Å². The van der Waals surface area contributed by atoms with Gasteiger partial charge in [-0.1, -0.05) is 19.9 Å². The molecule has 5 rings (SSSR count). The van der Waals surface area contributed by atoms with E-state index in [4.69, 9.17) is 8.85 Å². The van der Waals surface area contributed by atoms with E-state index >= 15 is 0 Å². The van der Waals surface area contributed by atoms with E-state index in [9.17, 15) is 9.18 Å². The van der Waals surface area contributed by atoms with E-state index in [1.165, 1.54) is 5.56 Å². The molecule has 0 saturated carbocycles. The number of aromatic nitrogens is 3. The van der Waals surface area contributed by atoms with Crippen molar-refractivity contribution in [1.82, 2.24) is 15.0 Å². The van der Waals surface area contributed by atoms with E-state index in [1.54, 1.807) is 24.1 Å². The molecule has 0 amide bonds. The number of ketones is 1.